The van der Waals surface area contributed by atoms with Crippen molar-refractivity contribution in [2.75, 3.05) is 11.9 Å². The van der Waals surface area contributed by atoms with Crippen LogP contribution in [0.3, 0.4) is 0 Å². The number of benzene rings is 1. The Morgan fingerprint density at radius 3 is 2.53 bits per heavy atom. The molecule has 100 valence electrons. The van der Waals surface area contributed by atoms with Crippen LogP contribution in [0.5, 0.6) is 0 Å². The number of anilines is 1. The van der Waals surface area contributed by atoms with Crippen molar-refractivity contribution in [2.45, 2.75) is 27.2 Å². The average molecular weight is 320 g/mol. The largest absolute Gasteiger partial charge is 0.370 e. The lowest BCUT2D eigenvalue weighted by molar-refractivity contribution is 0.970. The minimum atomic E-state index is 0.769. The molecule has 0 saturated carbocycles. The van der Waals surface area contributed by atoms with E-state index in [0.29, 0.717) is 0 Å². The lowest BCUT2D eigenvalue weighted by atomic mass is 10.1. The normalized spacial score (nSPS) is 10.5. The molecule has 2 rings (SSSR count). The number of rotatable bonds is 4. The highest BCUT2D eigenvalue weighted by molar-refractivity contribution is 9.10. The summed E-state index contributed by atoms with van der Waals surface area (Å²) in [7, 11) is 0. The molecule has 0 aliphatic carbocycles. The van der Waals surface area contributed by atoms with Crippen LogP contribution in [0.4, 0.5) is 5.82 Å². The summed E-state index contributed by atoms with van der Waals surface area (Å²) in [6, 6.07) is 8.04. The molecule has 1 aromatic carbocycles. The van der Waals surface area contributed by atoms with Crippen molar-refractivity contribution in [3.8, 4) is 11.4 Å². The predicted octanol–water partition coefficient (Wildman–Crippen LogP) is 4.21. The Hall–Kier alpha value is -1.42. The standard InChI is InChI=1S/C15H18BrN3/c1-4-13-10(3)14(17-5-2)19-15(18-13)11-8-6-7-9-12(11)16/h6-9H,4-5H2,1-3H3,(H,17,18,19). The van der Waals surface area contributed by atoms with Gasteiger partial charge in [-0.2, -0.15) is 0 Å². The molecule has 1 aromatic heterocycles. The second-order valence-electron chi connectivity index (χ2n) is 4.33. The van der Waals surface area contributed by atoms with Crippen LogP contribution in [0.15, 0.2) is 28.7 Å². The van der Waals surface area contributed by atoms with Crippen LogP contribution >= 0.6 is 15.9 Å². The average Bonchev–Trinajstić information content (AvgIpc) is 2.42. The van der Waals surface area contributed by atoms with Gasteiger partial charge in [0.05, 0.1) is 0 Å². The monoisotopic (exact) mass is 319 g/mol. The lowest BCUT2D eigenvalue weighted by Crippen LogP contribution is -2.07. The first kappa shape index (κ1) is 14.0. The molecule has 0 amide bonds. The molecule has 0 fully saturated rings. The van der Waals surface area contributed by atoms with E-state index in [4.69, 9.17) is 0 Å². The number of hydrogen-bond acceptors (Lipinski definition) is 3. The third-order valence-corrected chi connectivity index (χ3v) is 3.73. The maximum Gasteiger partial charge on any atom is 0.162 e. The van der Waals surface area contributed by atoms with E-state index in [1.807, 2.05) is 24.3 Å². The Labute approximate surface area is 122 Å². The molecular weight excluding hydrogens is 302 g/mol. The van der Waals surface area contributed by atoms with Crippen LogP contribution in [0.1, 0.15) is 25.1 Å². The van der Waals surface area contributed by atoms with Crippen LogP contribution in [0, 0.1) is 6.92 Å². The molecule has 0 atom stereocenters. The molecule has 1 N–H and O–H groups in total. The zero-order valence-corrected chi connectivity index (χ0v) is 13.1. The molecular formula is C15H18BrN3. The van der Waals surface area contributed by atoms with E-state index in [1.54, 1.807) is 0 Å². The van der Waals surface area contributed by atoms with Crippen LogP contribution in [-0.2, 0) is 6.42 Å². The molecule has 1 heterocycles. The SMILES string of the molecule is CCNc1nc(-c2ccccc2Br)nc(CC)c1C. The van der Waals surface area contributed by atoms with Gasteiger partial charge in [-0.05, 0) is 26.3 Å². The first-order chi connectivity index (χ1) is 9.17. The van der Waals surface area contributed by atoms with E-state index >= 15 is 0 Å². The fourth-order valence-corrected chi connectivity index (χ4v) is 2.47. The summed E-state index contributed by atoms with van der Waals surface area (Å²) in [5.74, 6) is 1.70. The van der Waals surface area contributed by atoms with Gasteiger partial charge in [0, 0.05) is 27.8 Å². The molecule has 2 aromatic rings. The van der Waals surface area contributed by atoms with Crippen LogP contribution < -0.4 is 5.32 Å². The van der Waals surface area contributed by atoms with E-state index in [1.165, 1.54) is 0 Å². The molecule has 0 unspecified atom stereocenters. The predicted molar refractivity (Wildman–Crippen MR) is 83.4 cm³/mol. The third kappa shape index (κ3) is 2.95. The number of nitrogens with zero attached hydrogens (tertiary/aromatic N) is 2. The van der Waals surface area contributed by atoms with Crippen molar-refractivity contribution < 1.29 is 0 Å². The minimum absolute atomic E-state index is 0.769. The van der Waals surface area contributed by atoms with E-state index in [9.17, 15) is 0 Å². The van der Waals surface area contributed by atoms with Gasteiger partial charge in [-0.25, -0.2) is 9.97 Å². The van der Waals surface area contributed by atoms with Gasteiger partial charge in [0.25, 0.3) is 0 Å². The van der Waals surface area contributed by atoms with Crippen molar-refractivity contribution in [1.82, 2.24) is 9.97 Å². The molecule has 0 aliphatic heterocycles. The number of aromatic nitrogens is 2. The maximum atomic E-state index is 4.68. The molecule has 0 radical (unpaired) electrons. The summed E-state index contributed by atoms with van der Waals surface area (Å²) in [6.45, 7) is 7.12. The topological polar surface area (TPSA) is 37.8 Å². The quantitative estimate of drug-likeness (QED) is 0.917. The zero-order chi connectivity index (χ0) is 13.8. The molecule has 0 saturated heterocycles. The smallest absolute Gasteiger partial charge is 0.162 e. The van der Waals surface area contributed by atoms with E-state index in [2.05, 4.69) is 52.0 Å². The Balaban J connectivity index is 2.58. The summed E-state index contributed by atoms with van der Waals surface area (Å²) in [5.41, 5.74) is 3.26. The van der Waals surface area contributed by atoms with Gasteiger partial charge in [0.2, 0.25) is 0 Å². The fourth-order valence-electron chi connectivity index (χ4n) is 2.01. The number of aryl methyl sites for hydroxylation is 1. The number of nitrogens with one attached hydrogen (secondary N) is 1. The van der Waals surface area contributed by atoms with Gasteiger partial charge in [0.15, 0.2) is 5.82 Å². The maximum absolute atomic E-state index is 4.68. The highest BCUT2D eigenvalue weighted by Gasteiger charge is 2.12. The van der Waals surface area contributed by atoms with Crippen LogP contribution in [-0.4, -0.2) is 16.5 Å². The van der Waals surface area contributed by atoms with E-state index < -0.39 is 0 Å². The first-order valence-electron chi connectivity index (χ1n) is 6.53. The summed E-state index contributed by atoms with van der Waals surface area (Å²) in [4.78, 5) is 9.33. The minimum Gasteiger partial charge on any atom is -0.370 e. The highest BCUT2D eigenvalue weighted by Crippen LogP contribution is 2.28. The van der Waals surface area contributed by atoms with Crippen LogP contribution in [0.25, 0.3) is 11.4 Å². The summed E-state index contributed by atoms with van der Waals surface area (Å²) >= 11 is 3.56. The van der Waals surface area contributed by atoms with Crippen LogP contribution in [0.2, 0.25) is 0 Å². The Bertz CT molecular complexity index is 582. The van der Waals surface area contributed by atoms with Gasteiger partial charge in [-0.1, -0.05) is 41.1 Å². The second kappa shape index (κ2) is 6.15. The Morgan fingerprint density at radius 1 is 1.16 bits per heavy atom. The number of hydrogen-bond donors (Lipinski definition) is 1. The second-order valence-corrected chi connectivity index (χ2v) is 5.19. The summed E-state index contributed by atoms with van der Waals surface area (Å²) in [6.07, 6.45) is 0.907. The molecule has 0 spiro atoms. The molecule has 0 bridgehead atoms. The molecule has 0 aliphatic rings. The van der Waals surface area contributed by atoms with Gasteiger partial charge in [-0.15, -0.1) is 0 Å². The summed E-state index contributed by atoms with van der Waals surface area (Å²) < 4.78 is 1.02. The van der Waals surface area contributed by atoms with Gasteiger partial charge >= 0.3 is 0 Å². The van der Waals surface area contributed by atoms with Crippen molar-refractivity contribution in [3.63, 3.8) is 0 Å². The number of halogens is 1. The fraction of sp³-hybridized carbons (Fsp3) is 0.333. The Kier molecular flexibility index (Phi) is 4.53. The molecule has 19 heavy (non-hydrogen) atoms. The first-order valence-corrected chi connectivity index (χ1v) is 7.33. The summed E-state index contributed by atoms with van der Waals surface area (Å²) in [5, 5.41) is 3.31. The van der Waals surface area contributed by atoms with E-state index in [-0.39, 0.29) is 0 Å². The van der Waals surface area contributed by atoms with Crippen molar-refractivity contribution in [2.24, 2.45) is 0 Å². The van der Waals surface area contributed by atoms with Gasteiger partial charge in [0.1, 0.15) is 5.82 Å². The van der Waals surface area contributed by atoms with Gasteiger partial charge in [-0.3, -0.25) is 0 Å². The van der Waals surface area contributed by atoms with E-state index in [0.717, 1.165) is 45.9 Å². The van der Waals surface area contributed by atoms with Crippen molar-refractivity contribution >= 4 is 21.7 Å². The molecule has 4 heteroatoms. The lowest BCUT2D eigenvalue weighted by Gasteiger charge is -2.13. The molecule has 3 nitrogen and oxygen atoms in total. The van der Waals surface area contributed by atoms with Crippen molar-refractivity contribution in [1.29, 1.82) is 0 Å². The van der Waals surface area contributed by atoms with Gasteiger partial charge < -0.3 is 5.32 Å². The van der Waals surface area contributed by atoms with Crippen molar-refractivity contribution in [3.05, 3.63) is 40.0 Å². The zero-order valence-electron chi connectivity index (χ0n) is 11.5. The highest BCUT2D eigenvalue weighted by atomic mass is 79.9. The third-order valence-electron chi connectivity index (χ3n) is 3.04. The Morgan fingerprint density at radius 2 is 1.89 bits per heavy atom.